The first-order valence-corrected chi connectivity index (χ1v) is 17.8. The van der Waals surface area contributed by atoms with Crippen LogP contribution in [0.25, 0.3) is 10.8 Å². The predicted molar refractivity (Wildman–Crippen MR) is 168 cm³/mol. The number of phenolic OH excluding ortho intramolecular Hbond substituents is 2. The molecule has 4 aromatic carbocycles. The van der Waals surface area contributed by atoms with E-state index in [2.05, 4.69) is 35.8 Å². The Morgan fingerprint density at radius 1 is 0.723 bits per heavy atom. The maximum absolute atomic E-state index is 12.1. The summed E-state index contributed by atoms with van der Waals surface area (Å²) in [6.07, 6.45) is 1.02. The van der Waals surface area contributed by atoms with Gasteiger partial charge in [0.15, 0.2) is 21.3 Å². The van der Waals surface area contributed by atoms with Gasteiger partial charge in [-0.15, -0.1) is 10.2 Å². The molecule has 0 aliphatic carbocycles. The summed E-state index contributed by atoms with van der Waals surface area (Å²) in [5, 5.41) is 34.3. The second kappa shape index (κ2) is 12.3. The number of halogens is 1. The predicted octanol–water partition coefficient (Wildman–Crippen LogP) is 4.89. The highest BCUT2D eigenvalue weighted by Gasteiger charge is 2.23. The molecule has 0 aliphatic heterocycles. The molecule has 5 aromatic rings. The fraction of sp³-hybridized carbons (Fsp3) is 0.0385. The minimum absolute atomic E-state index is 0.00429. The number of azo groups is 1. The number of hydrogen-bond acceptors (Lipinski definition) is 15. The van der Waals surface area contributed by atoms with Crippen LogP contribution in [0.2, 0.25) is 5.28 Å². The lowest BCUT2D eigenvalue weighted by Crippen LogP contribution is -2.06. The van der Waals surface area contributed by atoms with Crippen LogP contribution in [0.1, 0.15) is 0 Å². The van der Waals surface area contributed by atoms with Crippen molar-refractivity contribution in [3.63, 3.8) is 0 Å². The molecule has 0 fully saturated rings. The Hall–Kier alpha value is -4.99. The van der Waals surface area contributed by atoms with Gasteiger partial charge in [-0.2, -0.15) is 31.8 Å². The smallest absolute Gasteiger partial charge is 0.296 e. The largest absolute Gasteiger partial charge is 0.505 e. The van der Waals surface area contributed by atoms with E-state index in [0.29, 0.717) is 6.07 Å². The van der Waals surface area contributed by atoms with Crippen LogP contribution >= 0.6 is 11.6 Å². The van der Waals surface area contributed by atoms with Crippen molar-refractivity contribution in [2.24, 2.45) is 10.2 Å². The Labute approximate surface area is 271 Å². The minimum Gasteiger partial charge on any atom is -0.505 e. The van der Waals surface area contributed by atoms with Gasteiger partial charge in [0.2, 0.25) is 17.2 Å². The molecule has 5 rings (SSSR count). The highest BCUT2D eigenvalue weighted by molar-refractivity contribution is 7.90. The van der Waals surface area contributed by atoms with Crippen LogP contribution in [-0.4, -0.2) is 65.8 Å². The molecule has 0 amide bonds. The van der Waals surface area contributed by atoms with Crippen LogP contribution in [-0.2, 0) is 30.1 Å². The summed E-state index contributed by atoms with van der Waals surface area (Å²) in [7, 11) is -13.5. The molecular formula is C26H20ClN7O10S3. The minimum atomic E-state index is -4.98. The zero-order valence-corrected chi connectivity index (χ0v) is 26.6. The van der Waals surface area contributed by atoms with Crippen molar-refractivity contribution in [1.29, 1.82) is 0 Å². The number of anilines is 4. The summed E-state index contributed by atoms with van der Waals surface area (Å²) in [4.78, 5) is 10.2. The highest BCUT2D eigenvalue weighted by Crippen LogP contribution is 2.43. The first-order chi connectivity index (χ1) is 21.9. The molecule has 0 bridgehead atoms. The maximum Gasteiger partial charge on any atom is 0.296 e. The number of fused-ring (bicyclic) bond motifs is 1. The summed E-state index contributed by atoms with van der Waals surface area (Å²) in [5.74, 6) is -2.10. The van der Waals surface area contributed by atoms with Crippen molar-refractivity contribution in [3.8, 4) is 11.5 Å². The van der Waals surface area contributed by atoms with Gasteiger partial charge in [0, 0.05) is 17.3 Å². The molecule has 21 heteroatoms. The average Bonchev–Trinajstić information content (AvgIpc) is 2.96. The summed E-state index contributed by atoms with van der Waals surface area (Å²) in [5.41, 5.74) is -1.62. The quantitative estimate of drug-likeness (QED) is 0.0672. The van der Waals surface area contributed by atoms with Crippen LogP contribution in [0.5, 0.6) is 11.5 Å². The molecular weight excluding hydrogens is 702 g/mol. The van der Waals surface area contributed by atoms with E-state index in [1.807, 2.05) is 0 Å². The van der Waals surface area contributed by atoms with Gasteiger partial charge in [-0.1, -0.05) is 30.3 Å². The van der Waals surface area contributed by atoms with Gasteiger partial charge in [-0.05, 0) is 53.4 Å². The number of rotatable bonds is 9. The summed E-state index contributed by atoms with van der Waals surface area (Å²) in [6.45, 7) is 0. The van der Waals surface area contributed by atoms with Crippen molar-refractivity contribution in [2.45, 2.75) is 14.7 Å². The van der Waals surface area contributed by atoms with Gasteiger partial charge in [0.25, 0.3) is 20.2 Å². The number of nitrogens with one attached hydrogen (secondary N) is 2. The molecule has 6 N–H and O–H groups in total. The van der Waals surface area contributed by atoms with E-state index < -0.39 is 68.4 Å². The molecule has 1 heterocycles. The van der Waals surface area contributed by atoms with E-state index in [9.17, 15) is 44.6 Å². The van der Waals surface area contributed by atoms with E-state index in [1.165, 1.54) is 42.5 Å². The van der Waals surface area contributed by atoms with Gasteiger partial charge >= 0.3 is 0 Å². The Morgan fingerprint density at radius 3 is 2.06 bits per heavy atom. The molecule has 47 heavy (non-hydrogen) atoms. The number of sulfone groups is 1. The zero-order valence-electron chi connectivity index (χ0n) is 23.4. The lowest BCUT2D eigenvalue weighted by molar-refractivity contribution is 0.471. The van der Waals surface area contributed by atoms with Gasteiger partial charge in [0.1, 0.15) is 16.3 Å². The highest BCUT2D eigenvalue weighted by atomic mass is 35.5. The number of aromatic nitrogens is 3. The normalized spacial score (nSPS) is 12.4. The monoisotopic (exact) mass is 721 g/mol. The van der Waals surface area contributed by atoms with Gasteiger partial charge in [0.05, 0.1) is 15.5 Å². The third kappa shape index (κ3) is 7.53. The van der Waals surface area contributed by atoms with Crippen LogP contribution in [0.15, 0.2) is 91.6 Å². The Morgan fingerprint density at radius 2 is 1.40 bits per heavy atom. The number of phenols is 2. The number of aromatic hydroxyl groups is 2. The molecule has 0 aliphatic rings. The van der Waals surface area contributed by atoms with Gasteiger partial charge in [-0.25, -0.2) is 8.42 Å². The molecule has 0 unspecified atom stereocenters. The third-order valence-corrected chi connectivity index (χ3v) is 9.21. The van der Waals surface area contributed by atoms with Crippen LogP contribution in [0.4, 0.5) is 34.6 Å². The summed E-state index contributed by atoms with van der Waals surface area (Å²) >= 11 is 6.02. The Kier molecular flexibility index (Phi) is 8.75. The van der Waals surface area contributed by atoms with Gasteiger partial charge < -0.3 is 20.8 Å². The maximum atomic E-state index is 12.1. The van der Waals surface area contributed by atoms with E-state index in [1.54, 1.807) is 6.07 Å². The average molecular weight is 722 g/mol. The lowest BCUT2D eigenvalue weighted by Gasteiger charge is -2.12. The Bertz CT molecular complexity index is 2440. The van der Waals surface area contributed by atoms with E-state index in [-0.39, 0.29) is 38.5 Å². The fourth-order valence-electron chi connectivity index (χ4n) is 4.12. The molecule has 0 spiro atoms. The van der Waals surface area contributed by atoms with Crippen LogP contribution in [0, 0.1) is 0 Å². The second-order valence-electron chi connectivity index (χ2n) is 9.58. The standard InChI is InChI=1S/C26H20ClN7O10S3/c1-45(37,38)15-7-4-6-14(10-15)28-25-30-24(27)31-26(32-25)29-18-11-16(46(39,40)41)12-19(23(18)36)33-34-21-20(47(42,43)44)9-13-5-2-3-8-17(13)22(21)35/h2-12,35-36H,1H3,(H,39,40,41)(H,42,43,44)(H2,28,29,30,31,32). The van der Waals surface area contributed by atoms with E-state index in [4.69, 9.17) is 11.6 Å². The number of benzene rings is 4. The first-order valence-electron chi connectivity index (χ1n) is 12.6. The third-order valence-electron chi connectivity index (χ3n) is 6.23. The van der Waals surface area contributed by atoms with Crippen LogP contribution < -0.4 is 10.6 Å². The SMILES string of the molecule is CS(=O)(=O)c1cccc(Nc2nc(Cl)nc(Nc3cc(S(=O)(=O)O)cc(N=Nc4c(S(=O)(=O)O)cc5ccccc5c4O)c3O)n2)c1. The zero-order chi connectivity index (χ0) is 34.3. The van der Waals surface area contributed by atoms with Crippen molar-refractivity contribution < 1.29 is 44.6 Å². The summed E-state index contributed by atoms with van der Waals surface area (Å²) < 4.78 is 91.7. The van der Waals surface area contributed by atoms with E-state index in [0.717, 1.165) is 18.4 Å². The topological polar surface area (TPSA) is 271 Å². The molecule has 0 atom stereocenters. The molecule has 244 valence electrons. The first kappa shape index (κ1) is 33.4. The molecule has 17 nitrogen and oxygen atoms in total. The van der Waals surface area contributed by atoms with Crippen molar-refractivity contribution in [3.05, 3.63) is 72.0 Å². The number of hydrogen-bond donors (Lipinski definition) is 6. The fourth-order valence-corrected chi connectivity index (χ4v) is 6.13. The molecule has 0 saturated heterocycles. The van der Waals surface area contributed by atoms with Crippen molar-refractivity contribution in [1.82, 2.24) is 15.0 Å². The Balaban J connectivity index is 1.57. The van der Waals surface area contributed by atoms with Crippen LogP contribution in [0.3, 0.4) is 0 Å². The molecule has 1 aromatic heterocycles. The second-order valence-corrected chi connectivity index (χ2v) is 14.7. The lowest BCUT2D eigenvalue weighted by atomic mass is 10.1. The van der Waals surface area contributed by atoms with Crippen molar-refractivity contribution >= 4 is 87.1 Å². The molecule has 0 radical (unpaired) electrons. The van der Waals surface area contributed by atoms with Crippen molar-refractivity contribution in [2.75, 3.05) is 16.9 Å². The molecule has 0 saturated carbocycles. The van der Waals surface area contributed by atoms with E-state index >= 15 is 0 Å². The van der Waals surface area contributed by atoms with Gasteiger partial charge in [-0.3, -0.25) is 9.11 Å². The summed E-state index contributed by atoms with van der Waals surface area (Å²) in [6, 6.07) is 14.1. The number of nitrogens with zero attached hydrogens (tertiary/aromatic N) is 5.